The fraction of sp³-hybridized carbons (Fsp3) is 1.00. The third-order valence-electron chi connectivity index (χ3n) is 2.39. The molecule has 12 heavy (non-hydrogen) atoms. The van der Waals surface area contributed by atoms with Gasteiger partial charge in [-0.2, -0.15) is 0 Å². The van der Waals surface area contributed by atoms with Crippen LogP contribution >= 0.6 is 0 Å². The van der Waals surface area contributed by atoms with E-state index in [0.717, 1.165) is 0 Å². The zero-order valence-corrected chi connectivity index (χ0v) is 6.72. The molecule has 0 spiro atoms. The summed E-state index contributed by atoms with van der Waals surface area (Å²) in [5.41, 5.74) is 0. The van der Waals surface area contributed by atoms with Crippen LogP contribution in [0, 0.1) is 16.0 Å². The molecule has 0 saturated heterocycles. The molecule has 2 N–H and O–H groups in total. The molecule has 1 fully saturated rings. The highest BCUT2D eigenvalue weighted by Crippen LogP contribution is 2.28. The van der Waals surface area contributed by atoms with Gasteiger partial charge in [0.25, 0.3) is 0 Å². The number of aliphatic hydroxyl groups excluding tert-OH is 2. The van der Waals surface area contributed by atoms with Gasteiger partial charge in [-0.05, 0) is 12.8 Å². The van der Waals surface area contributed by atoms with Crippen molar-refractivity contribution in [2.75, 3.05) is 6.54 Å². The van der Waals surface area contributed by atoms with E-state index in [1.165, 1.54) is 0 Å². The van der Waals surface area contributed by atoms with E-state index < -0.39 is 17.1 Å². The zero-order chi connectivity index (χ0) is 9.14. The van der Waals surface area contributed by atoms with Crippen LogP contribution in [0.15, 0.2) is 0 Å². The van der Waals surface area contributed by atoms with Crippen LogP contribution in [0.5, 0.6) is 0 Å². The fourth-order valence-electron chi connectivity index (χ4n) is 1.67. The quantitative estimate of drug-likeness (QED) is 0.459. The zero-order valence-electron chi connectivity index (χ0n) is 6.72. The Labute approximate surface area is 70.2 Å². The molecule has 0 aliphatic heterocycles. The van der Waals surface area contributed by atoms with Crippen LogP contribution in [0.2, 0.25) is 0 Å². The van der Waals surface area contributed by atoms with E-state index in [0.29, 0.717) is 12.8 Å². The summed E-state index contributed by atoms with van der Waals surface area (Å²) in [6.45, 7) is -0.168. The molecule has 1 aliphatic rings. The van der Waals surface area contributed by atoms with Crippen molar-refractivity contribution in [1.82, 2.24) is 0 Å². The fourth-order valence-corrected chi connectivity index (χ4v) is 1.67. The Morgan fingerprint density at radius 3 is 2.25 bits per heavy atom. The largest absolute Gasteiger partial charge is 0.393 e. The van der Waals surface area contributed by atoms with Gasteiger partial charge in [-0.3, -0.25) is 10.1 Å². The van der Waals surface area contributed by atoms with Gasteiger partial charge in [-0.1, -0.05) is 0 Å². The van der Waals surface area contributed by atoms with Gasteiger partial charge in [-0.15, -0.1) is 0 Å². The molecule has 0 radical (unpaired) electrons. The highest BCUT2D eigenvalue weighted by atomic mass is 16.6. The number of hydrogen-bond donors (Lipinski definition) is 2. The topological polar surface area (TPSA) is 83.6 Å². The second kappa shape index (κ2) is 3.82. The minimum atomic E-state index is -0.556. The van der Waals surface area contributed by atoms with Gasteiger partial charge in [0.2, 0.25) is 6.54 Å². The molecular formula is C7H13NO4. The summed E-state index contributed by atoms with van der Waals surface area (Å²) in [6.07, 6.45) is 0.280. The summed E-state index contributed by atoms with van der Waals surface area (Å²) in [6, 6.07) is 0. The highest BCUT2D eigenvalue weighted by molar-refractivity contribution is 4.83. The van der Waals surface area contributed by atoms with E-state index in [-0.39, 0.29) is 18.9 Å². The number of aliphatic hydroxyl groups is 2. The summed E-state index contributed by atoms with van der Waals surface area (Å²) in [5, 5.41) is 28.6. The first-order chi connectivity index (χ1) is 5.61. The molecular weight excluding hydrogens is 162 g/mol. The molecule has 5 heteroatoms. The Kier molecular flexibility index (Phi) is 2.99. The molecule has 5 nitrogen and oxygen atoms in total. The molecule has 70 valence electrons. The lowest BCUT2D eigenvalue weighted by atomic mass is 10.00. The Balaban J connectivity index is 2.34. The van der Waals surface area contributed by atoms with Gasteiger partial charge in [0, 0.05) is 17.3 Å². The average Bonchev–Trinajstić information content (AvgIpc) is 2.28. The summed E-state index contributed by atoms with van der Waals surface area (Å²) in [5.74, 6) is -0.296. The number of rotatable bonds is 3. The van der Waals surface area contributed by atoms with Crippen LogP contribution in [0.3, 0.4) is 0 Å². The minimum Gasteiger partial charge on any atom is -0.393 e. The first kappa shape index (κ1) is 9.41. The predicted molar refractivity (Wildman–Crippen MR) is 41.2 cm³/mol. The highest BCUT2D eigenvalue weighted by Gasteiger charge is 2.34. The van der Waals surface area contributed by atoms with Gasteiger partial charge in [0.05, 0.1) is 12.2 Å². The van der Waals surface area contributed by atoms with Crippen molar-refractivity contribution in [3.63, 3.8) is 0 Å². The van der Waals surface area contributed by atoms with Gasteiger partial charge in [0.1, 0.15) is 0 Å². The van der Waals surface area contributed by atoms with Crippen LogP contribution in [0.1, 0.15) is 19.3 Å². The van der Waals surface area contributed by atoms with E-state index in [1.807, 2.05) is 0 Å². The van der Waals surface area contributed by atoms with Crippen LogP contribution in [-0.2, 0) is 0 Å². The number of nitro groups is 1. The Hall–Kier alpha value is -0.680. The first-order valence-electron chi connectivity index (χ1n) is 4.09. The maximum absolute atomic E-state index is 10.0. The SMILES string of the molecule is O=[N+]([O-])CCC1C(O)CCC1O. The molecule has 1 aliphatic carbocycles. The lowest BCUT2D eigenvalue weighted by Gasteiger charge is -2.15. The van der Waals surface area contributed by atoms with Gasteiger partial charge in [-0.25, -0.2) is 0 Å². The molecule has 1 rings (SSSR count). The van der Waals surface area contributed by atoms with Crippen LogP contribution in [0.25, 0.3) is 0 Å². The summed E-state index contributed by atoms with van der Waals surface area (Å²) in [7, 11) is 0. The maximum atomic E-state index is 10.0. The van der Waals surface area contributed by atoms with Crippen molar-refractivity contribution in [3.8, 4) is 0 Å². The van der Waals surface area contributed by atoms with E-state index in [1.54, 1.807) is 0 Å². The summed E-state index contributed by atoms with van der Waals surface area (Å²) in [4.78, 5) is 9.59. The van der Waals surface area contributed by atoms with Crippen LogP contribution < -0.4 is 0 Å². The van der Waals surface area contributed by atoms with Crippen molar-refractivity contribution in [3.05, 3.63) is 10.1 Å². The Morgan fingerprint density at radius 2 is 1.83 bits per heavy atom. The summed E-state index contributed by atoms with van der Waals surface area (Å²) >= 11 is 0. The lowest BCUT2D eigenvalue weighted by molar-refractivity contribution is -0.482. The summed E-state index contributed by atoms with van der Waals surface area (Å²) < 4.78 is 0. The van der Waals surface area contributed by atoms with Gasteiger partial charge >= 0.3 is 0 Å². The molecule has 0 amide bonds. The molecule has 1 saturated carbocycles. The number of hydrogen-bond acceptors (Lipinski definition) is 4. The second-order valence-corrected chi connectivity index (χ2v) is 3.22. The predicted octanol–water partition coefficient (Wildman–Crippen LogP) is -0.215. The van der Waals surface area contributed by atoms with E-state index in [9.17, 15) is 20.3 Å². The minimum absolute atomic E-state index is 0.168. The van der Waals surface area contributed by atoms with Crippen molar-refractivity contribution in [2.45, 2.75) is 31.5 Å². The molecule has 0 heterocycles. The van der Waals surface area contributed by atoms with E-state index in [2.05, 4.69) is 0 Å². The number of nitrogens with zero attached hydrogens (tertiary/aromatic N) is 1. The molecule has 2 atom stereocenters. The van der Waals surface area contributed by atoms with Crippen LogP contribution in [0.4, 0.5) is 0 Å². The van der Waals surface area contributed by atoms with Gasteiger partial charge in [0.15, 0.2) is 0 Å². The smallest absolute Gasteiger partial charge is 0.204 e. The molecule has 0 aromatic rings. The van der Waals surface area contributed by atoms with E-state index >= 15 is 0 Å². The average molecular weight is 175 g/mol. The molecule has 2 unspecified atom stereocenters. The van der Waals surface area contributed by atoms with Crippen molar-refractivity contribution in [2.24, 2.45) is 5.92 Å². The maximum Gasteiger partial charge on any atom is 0.204 e. The monoisotopic (exact) mass is 175 g/mol. The first-order valence-corrected chi connectivity index (χ1v) is 4.09. The second-order valence-electron chi connectivity index (χ2n) is 3.22. The van der Waals surface area contributed by atoms with Crippen molar-refractivity contribution >= 4 is 0 Å². The third kappa shape index (κ3) is 2.15. The van der Waals surface area contributed by atoms with Crippen molar-refractivity contribution < 1.29 is 15.1 Å². The standard InChI is InChI=1S/C7H13NO4/c9-6-1-2-7(10)5(6)3-4-8(11)12/h5-7,9-10H,1-4H2. The van der Waals surface area contributed by atoms with Crippen LogP contribution in [-0.4, -0.2) is 33.9 Å². The normalized spacial score (nSPS) is 35.3. The lowest BCUT2D eigenvalue weighted by Crippen LogP contribution is -2.25. The molecule has 0 bridgehead atoms. The van der Waals surface area contributed by atoms with Crippen molar-refractivity contribution in [1.29, 1.82) is 0 Å². The Bertz CT molecular complexity index is 163. The van der Waals surface area contributed by atoms with E-state index in [4.69, 9.17) is 0 Å². The molecule has 0 aromatic carbocycles. The third-order valence-corrected chi connectivity index (χ3v) is 2.39. The Morgan fingerprint density at radius 1 is 1.33 bits per heavy atom. The molecule has 0 aromatic heterocycles. The van der Waals surface area contributed by atoms with Gasteiger partial charge < -0.3 is 10.2 Å².